The fourth-order valence-electron chi connectivity index (χ4n) is 1.93. The van der Waals surface area contributed by atoms with E-state index in [0.717, 1.165) is 0 Å². The van der Waals surface area contributed by atoms with Crippen LogP contribution in [0.5, 0.6) is 0 Å². The average Bonchev–Trinajstić information content (AvgIpc) is 2.62. The molecule has 0 aliphatic heterocycles. The molecule has 0 aliphatic carbocycles. The molecule has 1 rings (SSSR count). The molecule has 0 spiro atoms. The van der Waals surface area contributed by atoms with Crippen LogP contribution in [0.1, 0.15) is 23.2 Å². The molecule has 0 saturated heterocycles. The fourth-order valence-corrected chi connectivity index (χ4v) is 2.99. The molecule has 0 radical (unpaired) electrons. The average molecular weight is 418 g/mol. The molecule has 13 heteroatoms. The Morgan fingerprint density at radius 1 is 1.00 bits per heavy atom. The quantitative estimate of drug-likeness (QED) is 0.248. The van der Waals surface area contributed by atoms with Gasteiger partial charge in [-0.25, -0.2) is 14.4 Å². The summed E-state index contributed by atoms with van der Waals surface area (Å²) < 4.78 is 16.5. The van der Waals surface area contributed by atoms with Crippen molar-refractivity contribution < 1.29 is 48.5 Å². The summed E-state index contributed by atoms with van der Waals surface area (Å²) in [5.41, 5.74) is 0.152. The van der Waals surface area contributed by atoms with Gasteiger partial charge in [-0.05, 0) is 18.6 Å². The van der Waals surface area contributed by atoms with Crippen LogP contribution in [-0.4, -0.2) is 62.7 Å². The molecule has 0 bridgehead atoms. The Hall–Kier alpha value is -2.79. The highest BCUT2D eigenvalue weighted by atomic mass is 31.2. The third-order valence-corrected chi connectivity index (χ3v) is 4.46. The number of benzene rings is 1. The van der Waals surface area contributed by atoms with E-state index in [2.05, 4.69) is 9.84 Å². The molecule has 0 fully saturated rings. The van der Waals surface area contributed by atoms with E-state index in [9.17, 15) is 28.6 Å². The van der Waals surface area contributed by atoms with Crippen LogP contribution in [0.3, 0.4) is 0 Å². The molecule has 12 nitrogen and oxygen atoms in total. The Kier molecular flexibility index (Phi) is 8.74. The first kappa shape index (κ1) is 23.2. The minimum Gasteiger partial charge on any atom is -0.481 e. The van der Waals surface area contributed by atoms with Crippen molar-refractivity contribution >= 4 is 31.6 Å². The molecule has 6 N–H and O–H groups in total. The first-order valence-electron chi connectivity index (χ1n) is 7.80. The number of hydrogen-bond acceptors (Lipinski definition) is 6. The van der Waals surface area contributed by atoms with Crippen molar-refractivity contribution in [3.63, 3.8) is 0 Å². The second-order valence-electron chi connectivity index (χ2n) is 5.50. The van der Waals surface area contributed by atoms with E-state index in [4.69, 9.17) is 15.3 Å². The number of carboxylic acids is 3. The monoisotopic (exact) mass is 418 g/mol. The van der Waals surface area contributed by atoms with Gasteiger partial charge in [0.15, 0.2) is 6.04 Å². The number of hydrogen-bond donors (Lipinski definition) is 6. The van der Waals surface area contributed by atoms with Gasteiger partial charge in [-0.15, -0.1) is 0 Å². The zero-order chi connectivity index (χ0) is 21.3. The number of nitrogens with one attached hydrogen (secondary N) is 2. The van der Waals surface area contributed by atoms with Gasteiger partial charge in [0, 0.05) is 12.0 Å². The molecule has 0 heterocycles. The Bertz CT molecular complexity index is 769. The summed E-state index contributed by atoms with van der Waals surface area (Å²) in [6.07, 6.45) is -1.10. The Morgan fingerprint density at radius 3 is 2.07 bits per heavy atom. The van der Waals surface area contributed by atoms with E-state index in [1.54, 1.807) is 23.3 Å². The second-order valence-corrected chi connectivity index (χ2v) is 7.06. The first-order valence-corrected chi connectivity index (χ1v) is 9.38. The number of carboxylic acid groups (broad SMARTS) is 3. The number of amides is 1. The highest BCUT2D eigenvalue weighted by molar-refractivity contribution is 7.50. The third-order valence-electron chi connectivity index (χ3n) is 3.32. The maximum atomic E-state index is 12.0. The summed E-state index contributed by atoms with van der Waals surface area (Å²) in [4.78, 5) is 54.5. The smallest absolute Gasteiger partial charge is 0.403 e. The standard InChI is InChI=1S/C15H19N2O10P/c18-12(19)7-6-10(14(21)22)17-28(25,26)27-8-11(15(23)24)16-13(20)9-4-2-1-3-5-9/h1-5,10-11H,6-8H2,(H,16,20)(H,18,19)(H,21,22)(H,23,24)(H2,17,25,26)/t10-,11-/m0/s1. The predicted octanol–water partition coefficient (Wildman–Crippen LogP) is -0.106. The molecular weight excluding hydrogens is 399 g/mol. The van der Waals surface area contributed by atoms with Crippen LogP contribution in [0, 0.1) is 0 Å². The van der Waals surface area contributed by atoms with Gasteiger partial charge in [0.2, 0.25) is 0 Å². The fraction of sp³-hybridized carbons (Fsp3) is 0.333. The van der Waals surface area contributed by atoms with Crippen molar-refractivity contribution in [1.82, 2.24) is 10.4 Å². The Morgan fingerprint density at radius 2 is 1.57 bits per heavy atom. The molecule has 1 aromatic rings. The summed E-state index contributed by atoms with van der Waals surface area (Å²) in [6.45, 7) is -0.944. The molecule has 0 aliphatic rings. The predicted molar refractivity (Wildman–Crippen MR) is 92.5 cm³/mol. The lowest BCUT2D eigenvalue weighted by molar-refractivity contribution is -0.142. The van der Waals surface area contributed by atoms with Crippen molar-refractivity contribution in [1.29, 1.82) is 0 Å². The lowest BCUT2D eigenvalue weighted by Crippen LogP contribution is -2.44. The lowest BCUT2D eigenvalue weighted by Gasteiger charge is -2.20. The molecule has 28 heavy (non-hydrogen) atoms. The van der Waals surface area contributed by atoms with Gasteiger partial charge in [-0.2, -0.15) is 0 Å². The van der Waals surface area contributed by atoms with Crippen LogP contribution in [0.25, 0.3) is 0 Å². The number of carbonyl (C=O) groups excluding carboxylic acids is 1. The van der Waals surface area contributed by atoms with Gasteiger partial charge in [0.05, 0.1) is 6.61 Å². The highest BCUT2D eigenvalue weighted by Gasteiger charge is 2.31. The van der Waals surface area contributed by atoms with E-state index >= 15 is 0 Å². The van der Waals surface area contributed by atoms with E-state index < -0.39 is 63.1 Å². The molecule has 1 amide bonds. The van der Waals surface area contributed by atoms with Gasteiger partial charge < -0.3 is 25.5 Å². The summed E-state index contributed by atoms with van der Waals surface area (Å²) in [6, 6.07) is 4.19. The van der Waals surface area contributed by atoms with Crippen LogP contribution >= 0.6 is 7.75 Å². The zero-order valence-electron chi connectivity index (χ0n) is 14.3. The molecule has 0 saturated carbocycles. The maximum absolute atomic E-state index is 12.0. The van der Waals surface area contributed by atoms with E-state index in [0.29, 0.717) is 0 Å². The summed E-state index contributed by atoms with van der Waals surface area (Å²) in [5.74, 6) is -5.21. The van der Waals surface area contributed by atoms with Crippen molar-refractivity contribution in [2.45, 2.75) is 24.9 Å². The van der Waals surface area contributed by atoms with Gasteiger partial charge in [0.1, 0.15) is 6.04 Å². The summed E-state index contributed by atoms with van der Waals surface area (Å²) in [5, 5.41) is 30.5. The van der Waals surface area contributed by atoms with Crippen molar-refractivity contribution in [2.24, 2.45) is 0 Å². The molecular formula is C15H19N2O10P. The Labute approximate surface area is 158 Å². The number of aliphatic carboxylic acids is 3. The maximum Gasteiger partial charge on any atom is 0.403 e. The molecule has 1 aromatic carbocycles. The first-order chi connectivity index (χ1) is 13.0. The summed E-state index contributed by atoms with van der Waals surface area (Å²) in [7, 11) is -4.81. The number of carbonyl (C=O) groups is 4. The highest BCUT2D eigenvalue weighted by Crippen LogP contribution is 2.38. The van der Waals surface area contributed by atoms with Gasteiger partial charge >= 0.3 is 25.7 Å². The van der Waals surface area contributed by atoms with E-state index in [1.807, 2.05) is 0 Å². The van der Waals surface area contributed by atoms with Crippen molar-refractivity contribution in [3.05, 3.63) is 35.9 Å². The summed E-state index contributed by atoms with van der Waals surface area (Å²) >= 11 is 0. The minimum atomic E-state index is -4.81. The second kappa shape index (κ2) is 10.5. The molecule has 154 valence electrons. The molecule has 3 atom stereocenters. The molecule has 1 unspecified atom stereocenters. The van der Waals surface area contributed by atoms with Crippen molar-refractivity contribution in [3.8, 4) is 0 Å². The largest absolute Gasteiger partial charge is 0.481 e. The van der Waals surface area contributed by atoms with Crippen LogP contribution in [0.2, 0.25) is 0 Å². The van der Waals surface area contributed by atoms with E-state index in [-0.39, 0.29) is 5.56 Å². The Balaban J connectivity index is 2.70. The van der Waals surface area contributed by atoms with Gasteiger partial charge in [-0.1, -0.05) is 18.2 Å². The topological polar surface area (TPSA) is 200 Å². The van der Waals surface area contributed by atoms with Crippen LogP contribution in [0.15, 0.2) is 30.3 Å². The minimum absolute atomic E-state index is 0.152. The van der Waals surface area contributed by atoms with Gasteiger partial charge in [-0.3, -0.25) is 18.9 Å². The van der Waals surface area contributed by atoms with Crippen LogP contribution < -0.4 is 10.4 Å². The molecule has 0 aromatic heterocycles. The third kappa shape index (κ3) is 8.27. The van der Waals surface area contributed by atoms with E-state index in [1.165, 1.54) is 12.1 Å². The SMILES string of the molecule is O=C(O)CC[C@H](NP(=O)(O)OC[C@H](NC(=O)c1ccccc1)C(=O)O)C(=O)O. The lowest BCUT2D eigenvalue weighted by atomic mass is 10.2. The normalized spacial score (nSPS) is 15.0. The zero-order valence-corrected chi connectivity index (χ0v) is 15.2. The van der Waals surface area contributed by atoms with Crippen LogP contribution in [0.4, 0.5) is 0 Å². The number of rotatable bonds is 12. The van der Waals surface area contributed by atoms with Gasteiger partial charge in [0.25, 0.3) is 5.91 Å². The van der Waals surface area contributed by atoms with Crippen LogP contribution in [-0.2, 0) is 23.5 Å². The van der Waals surface area contributed by atoms with Crippen molar-refractivity contribution in [2.75, 3.05) is 6.61 Å².